The van der Waals surface area contributed by atoms with Gasteiger partial charge in [0.25, 0.3) is 0 Å². The number of rotatable bonds is 9. The van der Waals surface area contributed by atoms with Gasteiger partial charge in [0.15, 0.2) is 17.2 Å². The fraction of sp³-hybridized carbons (Fsp3) is 0.333. The van der Waals surface area contributed by atoms with Crippen molar-refractivity contribution in [2.45, 2.75) is 51.2 Å². The molecule has 0 radical (unpaired) electrons. The van der Waals surface area contributed by atoms with Gasteiger partial charge in [0.05, 0.1) is 28.3 Å². The van der Waals surface area contributed by atoms with Crippen LogP contribution < -0.4 is 21.1 Å². The predicted molar refractivity (Wildman–Crippen MR) is 141 cm³/mol. The summed E-state index contributed by atoms with van der Waals surface area (Å²) in [5.41, 5.74) is 5.13. The number of ether oxygens (including phenoxy) is 1. The third kappa shape index (κ3) is 4.86. The Morgan fingerprint density at radius 3 is 2.48 bits per heavy atom. The normalized spacial score (nSPS) is 15.2. The summed E-state index contributed by atoms with van der Waals surface area (Å²) in [5, 5.41) is 5.24. The number of fused-ring (bicyclic) bond motifs is 2. The first-order chi connectivity index (χ1) is 19.7. The molecule has 1 amide bonds. The molecule has 0 saturated carbocycles. The summed E-state index contributed by atoms with van der Waals surface area (Å²) < 4.78 is 88.9. The summed E-state index contributed by atoms with van der Waals surface area (Å²) in [5.74, 6) is -6.25. The average molecular weight is 594 g/mol. The number of hydrogen-bond donors (Lipinski definition) is 3. The summed E-state index contributed by atoms with van der Waals surface area (Å²) in [6.07, 6.45) is -2.38. The lowest BCUT2D eigenvalue weighted by atomic mass is 9.87. The molecule has 1 unspecified atom stereocenters. The number of pyridine rings is 1. The molecule has 222 valence electrons. The van der Waals surface area contributed by atoms with Gasteiger partial charge in [0, 0.05) is 12.7 Å². The highest BCUT2D eigenvalue weighted by Gasteiger charge is 2.47. The number of alkyl halides is 4. The Labute approximate surface area is 235 Å². The van der Waals surface area contributed by atoms with E-state index in [-0.39, 0.29) is 40.0 Å². The van der Waals surface area contributed by atoms with E-state index in [1.807, 2.05) is 0 Å². The minimum absolute atomic E-state index is 0.00531. The smallest absolute Gasteiger partial charge is 0.323 e. The number of benzene rings is 1. The van der Waals surface area contributed by atoms with Crippen molar-refractivity contribution in [2.24, 2.45) is 5.73 Å². The van der Waals surface area contributed by atoms with Gasteiger partial charge >= 0.3 is 12.3 Å². The van der Waals surface area contributed by atoms with Gasteiger partial charge in [-0.15, -0.1) is 0 Å². The van der Waals surface area contributed by atoms with E-state index >= 15 is 0 Å². The van der Waals surface area contributed by atoms with Gasteiger partial charge in [-0.1, -0.05) is 6.07 Å². The van der Waals surface area contributed by atoms with Crippen LogP contribution in [-0.2, 0) is 16.8 Å². The molecule has 1 aliphatic heterocycles. The van der Waals surface area contributed by atoms with Crippen LogP contribution in [0.3, 0.4) is 0 Å². The van der Waals surface area contributed by atoms with E-state index in [0.717, 1.165) is 12.1 Å². The van der Waals surface area contributed by atoms with Crippen molar-refractivity contribution >= 4 is 23.2 Å². The van der Waals surface area contributed by atoms with Crippen molar-refractivity contribution in [1.82, 2.24) is 19.4 Å². The molecule has 0 aliphatic carbocycles. The van der Waals surface area contributed by atoms with E-state index < -0.39 is 54.5 Å². The van der Waals surface area contributed by atoms with Crippen LogP contribution in [-0.4, -0.2) is 50.2 Å². The molecule has 3 aromatic heterocycles. The summed E-state index contributed by atoms with van der Waals surface area (Å²) in [7, 11) is 0. The van der Waals surface area contributed by atoms with Crippen LogP contribution >= 0.6 is 0 Å². The Kier molecular flexibility index (Phi) is 7.25. The molecule has 1 aromatic carbocycles. The number of imidazole rings is 1. The van der Waals surface area contributed by atoms with E-state index in [0.29, 0.717) is 11.4 Å². The second-order valence-corrected chi connectivity index (χ2v) is 10.3. The topological polar surface area (TPSA) is 119 Å². The van der Waals surface area contributed by atoms with Crippen molar-refractivity contribution in [2.75, 3.05) is 17.2 Å². The lowest BCUT2D eigenvalue weighted by molar-refractivity contribution is -0.140. The summed E-state index contributed by atoms with van der Waals surface area (Å²) in [6, 6.07) is 4.33. The molecule has 4 heterocycles. The Bertz CT molecular complexity index is 1670. The number of amides is 1. The van der Waals surface area contributed by atoms with Crippen LogP contribution in [0.4, 0.5) is 38.0 Å². The zero-order valence-corrected chi connectivity index (χ0v) is 22.5. The molecule has 15 heteroatoms. The van der Waals surface area contributed by atoms with E-state index in [1.165, 1.54) is 6.07 Å². The van der Waals surface area contributed by atoms with Gasteiger partial charge in [0.1, 0.15) is 35.6 Å². The fourth-order valence-corrected chi connectivity index (χ4v) is 4.62. The number of aromatic nitrogens is 4. The second kappa shape index (κ2) is 10.5. The molecular formula is C27H25F6N7O2. The summed E-state index contributed by atoms with van der Waals surface area (Å²) >= 11 is 0. The van der Waals surface area contributed by atoms with Crippen molar-refractivity contribution < 1.29 is 35.9 Å². The molecule has 0 saturated heterocycles. The van der Waals surface area contributed by atoms with E-state index in [1.54, 1.807) is 43.5 Å². The Morgan fingerprint density at radius 1 is 1.12 bits per heavy atom. The average Bonchev–Trinajstić information content (AvgIpc) is 3.38. The van der Waals surface area contributed by atoms with Crippen LogP contribution in [0.2, 0.25) is 0 Å². The molecular weight excluding hydrogens is 568 g/mol. The van der Waals surface area contributed by atoms with Crippen molar-refractivity contribution in [3.63, 3.8) is 0 Å². The van der Waals surface area contributed by atoms with Crippen molar-refractivity contribution in [1.29, 1.82) is 0 Å². The first-order valence-corrected chi connectivity index (χ1v) is 12.7. The third-order valence-electron chi connectivity index (χ3n) is 7.04. The molecule has 4 aromatic rings. The molecule has 0 bridgehead atoms. The van der Waals surface area contributed by atoms with E-state index in [9.17, 15) is 31.1 Å². The maximum absolute atomic E-state index is 14.1. The van der Waals surface area contributed by atoms with E-state index in [4.69, 9.17) is 10.5 Å². The van der Waals surface area contributed by atoms with Crippen molar-refractivity contribution in [3.05, 3.63) is 65.0 Å². The lowest BCUT2D eigenvalue weighted by Gasteiger charge is -2.24. The molecule has 1 atom stereocenters. The maximum Gasteiger partial charge on any atom is 0.323 e. The monoisotopic (exact) mass is 593 g/mol. The molecule has 0 spiro atoms. The standard InChI is InChI=1S/C27H25F6N7O2/c1-12-19(40-9-5-8-16(23(40)36-12)42-11-13-14(28)6-4-7-15(13)29)22-37-20(35-10-17(34)27(32,33)24(30)31)18-21(38-22)39-25(41)26(18,2)3/h4-9,17,24H,10-11,34H2,1-3H3,(H2,35,37,38,39,41). The number of nitrogens with two attached hydrogens (primary N) is 1. The minimum atomic E-state index is -4.48. The Balaban J connectivity index is 1.55. The van der Waals surface area contributed by atoms with Gasteiger partial charge in [-0.3, -0.25) is 9.20 Å². The first-order valence-electron chi connectivity index (χ1n) is 12.7. The van der Waals surface area contributed by atoms with Crippen LogP contribution in [0.1, 0.15) is 30.7 Å². The summed E-state index contributed by atoms with van der Waals surface area (Å²) in [4.78, 5) is 26.2. The zero-order valence-electron chi connectivity index (χ0n) is 22.5. The number of nitrogens with zero attached hydrogens (tertiary/aromatic N) is 4. The number of carbonyl (C=O) groups excluding carboxylic acids is 1. The molecule has 9 nitrogen and oxygen atoms in total. The maximum atomic E-state index is 14.1. The van der Waals surface area contributed by atoms with Gasteiger partial charge in [-0.25, -0.2) is 32.5 Å². The van der Waals surface area contributed by atoms with Crippen molar-refractivity contribution in [3.8, 4) is 17.3 Å². The SMILES string of the molecule is Cc1nc2c(OCc3c(F)cccc3F)cccn2c1-c1nc(NCC(N)C(F)(F)C(F)F)c2c(n1)NC(=O)C2(C)C. The number of hydrogen-bond acceptors (Lipinski definition) is 7. The van der Waals surface area contributed by atoms with Gasteiger partial charge in [-0.05, 0) is 45.0 Å². The lowest BCUT2D eigenvalue weighted by Crippen LogP contribution is -2.50. The predicted octanol–water partition coefficient (Wildman–Crippen LogP) is 4.83. The quantitative estimate of drug-likeness (QED) is 0.238. The highest BCUT2D eigenvalue weighted by atomic mass is 19.3. The highest BCUT2D eigenvalue weighted by Crippen LogP contribution is 2.42. The van der Waals surface area contributed by atoms with Crippen LogP contribution in [0.15, 0.2) is 36.5 Å². The molecule has 42 heavy (non-hydrogen) atoms. The first kappa shape index (κ1) is 29.1. The number of nitrogens with one attached hydrogen (secondary N) is 2. The molecule has 1 aliphatic rings. The second-order valence-electron chi connectivity index (χ2n) is 10.3. The van der Waals surface area contributed by atoms with Crippen LogP contribution in [0.25, 0.3) is 17.2 Å². The number of aryl methyl sites for hydroxylation is 1. The molecule has 4 N–H and O–H groups in total. The minimum Gasteiger partial charge on any atom is -0.485 e. The molecule has 0 fully saturated rings. The highest BCUT2D eigenvalue weighted by molar-refractivity contribution is 6.06. The zero-order chi connectivity index (χ0) is 30.6. The number of halogens is 6. The fourth-order valence-electron chi connectivity index (χ4n) is 4.62. The largest absolute Gasteiger partial charge is 0.485 e. The Hall–Kier alpha value is -4.40. The number of carbonyl (C=O) groups is 1. The van der Waals surface area contributed by atoms with Gasteiger partial charge < -0.3 is 21.1 Å². The Morgan fingerprint density at radius 2 is 1.81 bits per heavy atom. The molecule has 5 rings (SSSR count). The number of anilines is 2. The van der Waals surface area contributed by atoms with Crippen LogP contribution in [0.5, 0.6) is 5.75 Å². The van der Waals surface area contributed by atoms with E-state index in [2.05, 4.69) is 25.6 Å². The van der Waals surface area contributed by atoms with Gasteiger partial charge in [-0.2, -0.15) is 8.78 Å². The third-order valence-corrected chi connectivity index (χ3v) is 7.04. The van der Waals surface area contributed by atoms with Crippen LogP contribution in [0, 0.1) is 18.6 Å². The summed E-state index contributed by atoms with van der Waals surface area (Å²) in [6.45, 7) is 3.55. The van der Waals surface area contributed by atoms with Gasteiger partial charge in [0.2, 0.25) is 5.91 Å².